The van der Waals surface area contributed by atoms with Crippen LogP contribution in [0, 0.1) is 5.92 Å². The summed E-state index contributed by atoms with van der Waals surface area (Å²) in [7, 11) is 0. The third-order valence-corrected chi connectivity index (χ3v) is 5.84. The third-order valence-electron chi connectivity index (χ3n) is 5.84. The number of carbonyl (C=O) groups is 3. The normalized spacial score (nSPS) is 28.1. The standard InChI is InChI=1S/C19H25N5O3/c1-2-14-13-11-23(9-7-15(13)22-21-14)18(26)12-5-3-4-6-16(12)24-10-8-17(25)20-19(24)27/h3-6,13-15,21-22H,2,7-11H2,1H3,(H,20,25,27). The average Bonchev–Trinajstić information content (AvgIpc) is 3.10. The van der Waals surface area contributed by atoms with Crippen LogP contribution in [0.25, 0.3) is 0 Å². The molecule has 3 atom stereocenters. The maximum Gasteiger partial charge on any atom is 0.328 e. The number of hydrogen-bond donors (Lipinski definition) is 3. The number of imide groups is 1. The smallest absolute Gasteiger partial charge is 0.328 e. The Morgan fingerprint density at radius 1 is 1.19 bits per heavy atom. The monoisotopic (exact) mass is 371 g/mol. The first-order valence-electron chi connectivity index (χ1n) is 9.59. The molecule has 1 aromatic carbocycles. The van der Waals surface area contributed by atoms with Crippen LogP contribution < -0.4 is 21.1 Å². The first-order valence-corrected chi connectivity index (χ1v) is 9.59. The fourth-order valence-electron chi connectivity index (χ4n) is 4.33. The first kappa shape index (κ1) is 17.9. The number of hydrogen-bond acceptors (Lipinski definition) is 5. The second-order valence-corrected chi connectivity index (χ2v) is 7.39. The van der Waals surface area contributed by atoms with Gasteiger partial charge < -0.3 is 4.90 Å². The zero-order chi connectivity index (χ0) is 19.0. The van der Waals surface area contributed by atoms with Crippen LogP contribution in [-0.2, 0) is 4.79 Å². The van der Waals surface area contributed by atoms with E-state index in [1.54, 1.807) is 18.2 Å². The molecule has 3 aliphatic rings. The highest BCUT2D eigenvalue weighted by atomic mass is 16.2. The van der Waals surface area contributed by atoms with Crippen LogP contribution in [0.15, 0.2) is 24.3 Å². The van der Waals surface area contributed by atoms with Gasteiger partial charge in [-0.3, -0.25) is 30.7 Å². The number of carbonyl (C=O) groups excluding carboxylic acids is 3. The molecule has 3 heterocycles. The van der Waals surface area contributed by atoms with Crippen molar-refractivity contribution < 1.29 is 14.4 Å². The van der Waals surface area contributed by atoms with Crippen molar-refractivity contribution in [3.8, 4) is 0 Å². The van der Waals surface area contributed by atoms with E-state index in [0.717, 1.165) is 12.8 Å². The fraction of sp³-hybridized carbons (Fsp3) is 0.526. The Hall–Kier alpha value is -2.45. The Bertz CT molecular complexity index is 761. The molecule has 0 saturated carbocycles. The molecular formula is C19H25N5O3. The molecule has 0 aromatic heterocycles. The van der Waals surface area contributed by atoms with Gasteiger partial charge in [-0.2, -0.15) is 0 Å². The zero-order valence-corrected chi connectivity index (χ0v) is 15.4. The molecule has 3 saturated heterocycles. The maximum absolute atomic E-state index is 13.3. The van der Waals surface area contributed by atoms with Gasteiger partial charge >= 0.3 is 6.03 Å². The van der Waals surface area contributed by atoms with Gasteiger partial charge in [0.25, 0.3) is 5.91 Å². The van der Waals surface area contributed by atoms with Gasteiger partial charge in [0.05, 0.1) is 11.3 Å². The van der Waals surface area contributed by atoms with Gasteiger partial charge in [0.1, 0.15) is 0 Å². The molecule has 3 aliphatic heterocycles. The van der Waals surface area contributed by atoms with E-state index in [1.165, 1.54) is 4.90 Å². The van der Waals surface area contributed by atoms with E-state index in [-0.39, 0.29) is 24.8 Å². The van der Waals surface area contributed by atoms with Crippen molar-refractivity contribution in [1.82, 2.24) is 21.1 Å². The maximum atomic E-state index is 13.3. The summed E-state index contributed by atoms with van der Waals surface area (Å²) in [6, 6.07) is 7.43. The number of piperidine rings is 1. The summed E-state index contributed by atoms with van der Waals surface area (Å²) in [4.78, 5) is 40.3. The number of hydrazine groups is 1. The molecule has 3 unspecified atom stereocenters. The molecule has 4 amide bonds. The number of anilines is 1. The Morgan fingerprint density at radius 3 is 2.78 bits per heavy atom. The number of fused-ring (bicyclic) bond motifs is 1. The van der Waals surface area contributed by atoms with Gasteiger partial charge in [-0.15, -0.1) is 0 Å². The summed E-state index contributed by atoms with van der Waals surface area (Å²) in [5, 5.41) is 2.32. The predicted octanol–water partition coefficient (Wildman–Crippen LogP) is 0.850. The summed E-state index contributed by atoms with van der Waals surface area (Å²) >= 11 is 0. The first-order chi connectivity index (χ1) is 13.1. The van der Waals surface area contributed by atoms with Crippen LogP contribution in [0.4, 0.5) is 10.5 Å². The predicted molar refractivity (Wildman–Crippen MR) is 100 cm³/mol. The van der Waals surface area contributed by atoms with Crippen molar-refractivity contribution in [1.29, 1.82) is 0 Å². The van der Waals surface area contributed by atoms with Crippen molar-refractivity contribution >= 4 is 23.5 Å². The van der Waals surface area contributed by atoms with Crippen LogP contribution in [0.2, 0.25) is 0 Å². The van der Waals surface area contributed by atoms with E-state index in [1.807, 2.05) is 11.0 Å². The number of rotatable bonds is 3. The summed E-state index contributed by atoms with van der Waals surface area (Å²) in [6.07, 6.45) is 2.15. The largest absolute Gasteiger partial charge is 0.338 e. The van der Waals surface area contributed by atoms with Crippen molar-refractivity contribution in [2.75, 3.05) is 24.5 Å². The molecule has 0 bridgehead atoms. The third kappa shape index (κ3) is 3.30. The number of nitrogens with one attached hydrogen (secondary N) is 3. The Morgan fingerprint density at radius 2 is 2.00 bits per heavy atom. The van der Waals surface area contributed by atoms with Crippen LogP contribution in [-0.4, -0.2) is 54.5 Å². The Balaban J connectivity index is 1.56. The molecule has 3 N–H and O–H groups in total. The highest BCUT2D eigenvalue weighted by Crippen LogP contribution is 2.29. The number of para-hydroxylation sites is 1. The van der Waals surface area contributed by atoms with Gasteiger partial charge in [-0.05, 0) is 25.0 Å². The molecule has 8 nitrogen and oxygen atoms in total. The highest BCUT2D eigenvalue weighted by Gasteiger charge is 2.40. The summed E-state index contributed by atoms with van der Waals surface area (Å²) in [5.74, 6) is 0.0419. The van der Waals surface area contributed by atoms with Crippen molar-refractivity contribution in [3.63, 3.8) is 0 Å². The van der Waals surface area contributed by atoms with Gasteiger partial charge in [0.2, 0.25) is 5.91 Å². The van der Waals surface area contributed by atoms with E-state index in [2.05, 4.69) is 23.1 Å². The van der Waals surface area contributed by atoms with E-state index >= 15 is 0 Å². The average molecular weight is 371 g/mol. The van der Waals surface area contributed by atoms with Crippen molar-refractivity contribution in [3.05, 3.63) is 29.8 Å². The number of urea groups is 1. The number of nitrogens with zero attached hydrogens (tertiary/aromatic N) is 2. The fourth-order valence-corrected chi connectivity index (χ4v) is 4.33. The minimum Gasteiger partial charge on any atom is -0.338 e. The topological polar surface area (TPSA) is 93.8 Å². The van der Waals surface area contributed by atoms with Crippen LogP contribution in [0.5, 0.6) is 0 Å². The quantitative estimate of drug-likeness (QED) is 0.732. The van der Waals surface area contributed by atoms with E-state index in [0.29, 0.717) is 42.3 Å². The summed E-state index contributed by atoms with van der Waals surface area (Å²) in [6.45, 7) is 3.81. The molecule has 8 heteroatoms. The van der Waals surface area contributed by atoms with Gasteiger partial charge in [-0.25, -0.2) is 4.79 Å². The molecule has 144 valence electrons. The minimum atomic E-state index is -0.472. The van der Waals surface area contributed by atoms with Crippen molar-refractivity contribution in [2.45, 2.75) is 38.3 Å². The number of benzene rings is 1. The molecule has 27 heavy (non-hydrogen) atoms. The zero-order valence-electron chi connectivity index (χ0n) is 15.4. The van der Waals surface area contributed by atoms with E-state index in [9.17, 15) is 14.4 Å². The lowest BCUT2D eigenvalue weighted by Gasteiger charge is -2.37. The van der Waals surface area contributed by atoms with Gasteiger partial charge in [-0.1, -0.05) is 19.1 Å². The molecule has 0 spiro atoms. The van der Waals surface area contributed by atoms with E-state index < -0.39 is 6.03 Å². The van der Waals surface area contributed by atoms with Crippen LogP contribution >= 0.6 is 0 Å². The lowest BCUT2D eigenvalue weighted by Crippen LogP contribution is -2.51. The number of amides is 4. The lowest BCUT2D eigenvalue weighted by atomic mass is 9.87. The molecule has 0 aliphatic carbocycles. The second-order valence-electron chi connectivity index (χ2n) is 7.39. The Labute approximate surface area is 158 Å². The second kappa shape index (κ2) is 7.28. The number of likely N-dealkylation sites (tertiary alicyclic amines) is 1. The molecular weight excluding hydrogens is 346 g/mol. The lowest BCUT2D eigenvalue weighted by molar-refractivity contribution is -0.120. The van der Waals surface area contributed by atoms with Gasteiger partial charge in [0, 0.05) is 44.1 Å². The Kier molecular flexibility index (Phi) is 4.84. The molecule has 3 fully saturated rings. The van der Waals surface area contributed by atoms with Crippen LogP contribution in [0.3, 0.4) is 0 Å². The summed E-state index contributed by atoms with van der Waals surface area (Å²) in [5.41, 5.74) is 7.76. The molecule has 1 aromatic rings. The van der Waals surface area contributed by atoms with Crippen molar-refractivity contribution in [2.24, 2.45) is 5.92 Å². The highest BCUT2D eigenvalue weighted by molar-refractivity contribution is 6.09. The van der Waals surface area contributed by atoms with Gasteiger partial charge in [0.15, 0.2) is 0 Å². The molecule has 0 radical (unpaired) electrons. The van der Waals surface area contributed by atoms with E-state index in [4.69, 9.17) is 0 Å². The van der Waals surface area contributed by atoms with Crippen LogP contribution in [0.1, 0.15) is 36.5 Å². The SMILES string of the molecule is CCC1NNC2CCN(C(=O)c3ccccc3N3CCC(=O)NC3=O)CC12. The minimum absolute atomic E-state index is 0.0597. The summed E-state index contributed by atoms with van der Waals surface area (Å²) < 4.78 is 0. The molecule has 4 rings (SSSR count).